The van der Waals surface area contributed by atoms with Gasteiger partial charge in [-0.15, -0.1) is 0 Å². The lowest BCUT2D eigenvalue weighted by molar-refractivity contribution is 0.0822. The molecule has 1 aromatic heterocycles. The van der Waals surface area contributed by atoms with Crippen molar-refractivity contribution in [1.82, 2.24) is 15.6 Å². The van der Waals surface area contributed by atoms with Gasteiger partial charge in [-0.1, -0.05) is 57.2 Å². The van der Waals surface area contributed by atoms with Gasteiger partial charge in [-0.3, -0.25) is 4.79 Å². The van der Waals surface area contributed by atoms with Crippen molar-refractivity contribution in [3.63, 3.8) is 0 Å². The maximum atomic E-state index is 14.5. The molecule has 1 aliphatic carbocycles. The third-order valence-electron chi connectivity index (χ3n) is 8.03. The third kappa shape index (κ3) is 7.17. The molecular formula is C34H41FN4O3. The van der Waals surface area contributed by atoms with Crippen molar-refractivity contribution >= 4 is 11.7 Å². The fourth-order valence-corrected chi connectivity index (χ4v) is 5.34. The van der Waals surface area contributed by atoms with Crippen LogP contribution in [-0.2, 0) is 17.4 Å². The quantitative estimate of drug-likeness (QED) is 0.315. The van der Waals surface area contributed by atoms with Crippen molar-refractivity contribution < 1.29 is 19.0 Å². The molecule has 2 atom stereocenters. The van der Waals surface area contributed by atoms with Crippen LogP contribution in [0.2, 0.25) is 0 Å². The number of amides is 1. The number of aliphatic hydroxyl groups is 1. The molecule has 222 valence electrons. The van der Waals surface area contributed by atoms with Crippen LogP contribution in [0.4, 0.5) is 10.2 Å². The Morgan fingerprint density at radius 3 is 2.71 bits per heavy atom. The standard InChI is InChI=1S/C34H41FN4O3/c1-22-16-24-19-31(38-22)36-14-5-6-15-42-30-18-23(10-11-27(30)35)17-28(39-32(24)41)29(40)21-37-34(12-13-34)26-9-7-8-25(20-26)33(2,3)4/h5-11,16,18-20,28-29,37,40H,12-15,17,21H2,1-4H3,(H,36,38)(H,39,41)/b6-5+/t28-,29+/m0/s1. The zero-order chi connectivity index (χ0) is 29.9. The smallest absolute Gasteiger partial charge is 0.251 e. The molecule has 0 spiro atoms. The number of carbonyl (C=O) groups is 1. The fraction of sp³-hybridized carbons (Fsp3) is 0.412. The number of pyridine rings is 1. The second-order valence-electron chi connectivity index (χ2n) is 12.5. The number of nitrogens with one attached hydrogen (secondary N) is 3. The maximum absolute atomic E-state index is 14.5. The van der Waals surface area contributed by atoms with E-state index in [0.29, 0.717) is 30.0 Å². The number of halogens is 1. The van der Waals surface area contributed by atoms with E-state index in [1.807, 2.05) is 13.0 Å². The Morgan fingerprint density at radius 2 is 1.95 bits per heavy atom. The summed E-state index contributed by atoms with van der Waals surface area (Å²) >= 11 is 0. The molecule has 8 heteroatoms. The van der Waals surface area contributed by atoms with Crippen LogP contribution in [-0.4, -0.2) is 47.8 Å². The van der Waals surface area contributed by atoms with Crippen LogP contribution in [0.1, 0.15) is 66.4 Å². The van der Waals surface area contributed by atoms with Crippen molar-refractivity contribution in [3.05, 3.63) is 101 Å². The first-order valence-corrected chi connectivity index (χ1v) is 14.7. The van der Waals surface area contributed by atoms with Crippen LogP contribution in [0.3, 0.4) is 0 Å². The molecule has 4 bridgehead atoms. The Morgan fingerprint density at radius 1 is 1.14 bits per heavy atom. The van der Waals surface area contributed by atoms with E-state index in [2.05, 4.69) is 66.0 Å². The lowest BCUT2D eigenvalue weighted by Crippen LogP contribution is -2.50. The summed E-state index contributed by atoms with van der Waals surface area (Å²) in [5.41, 5.74) is 4.22. The number of hydrogen-bond donors (Lipinski definition) is 4. The summed E-state index contributed by atoms with van der Waals surface area (Å²) in [7, 11) is 0. The minimum atomic E-state index is -0.908. The highest BCUT2D eigenvalue weighted by Crippen LogP contribution is 2.46. The van der Waals surface area contributed by atoms with Crippen molar-refractivity contribution in [1.29, 1.82) is 0 Å². The molecule has 1 aliphatic heterocycles. The predicted octanol–water partition coefficient (Wildman–Crippen LogP) is 5.17. The van der Waals surface area contributed by atoms with Gasteiger partial charge >= 0.3 is 0 Å². The molecule has 0 radical (unpaired) electrons. The Kier molecular flexibility index (Phi) is 8.66. The van der Waals surface area contributed by atoms with Gasteiger partial charge in [0.05, 0.1) is 12.1 Å². The molecule has 1 amide bonds. The molecule has 2 aliphatic rings. The zero-order valence-corrected chi connectivity index (χ0v) is 24.8. The van der Waals surface area contributed by atoms with E-state index in [4.69, 9.17) is 4.74 Å². The van der Waals surface area contributed by atoms with Crippen LogP contribution in [0, 0.1) is 12.7 Å². The zero-order valence-electron chi connectivity index (χ0n) is 24.8. The Hall–Kier alpha value is -3.75. The van der Waals surface area contributed by atoms with Gasteiger partial charge in [0.2, 0.25) is 0 Å². The molecule has 4 N–H and O–H groups in total. The summed E-state index contributed by atoms with van der Waals surface area (Å²) in [6.45, 7) is 9.40. The summed E-state index contributed by atoms with van der Waals surface area (Å²) in [5, 5.41) is 21.4. The topological polar surface area (TPSA) is 95.5 Å². The van der Waals surface area contributed by atoms with E-state index in [9.17, 15) is 14.3 Å². The number of aliphatic hydroxyl groups excluding tert-OH is 1. The number of nitrogens with zero attached hydrogens (tertiary/aromatic N) is 1. The number of ether oxygens (including phenoxy) is 1. The highest BCUT2D eigenvalue weighted by molar-refractivity contribution is 5.95. The average molecular weight is 573 g/mol. The first-order valence-electron chi connectivity index (χ1n) is 14.7. The highest BCUT2D eigenvalue weighted by atomic mass is 19.1. The molecule has 1 saturated carbocycles. The molecule has 2 heterocycles. The van der Waals surface area contributed by atoms with Gasteiger partial charge < -0.3 is 25.8 Å². The largest absolute Gasteiger partial charge is 0.486 e. The van der Waals surface area contributed by atoms with Gasteiger partial charge in [0.15, 0.2) is 11.6 Å². The second kappa shape index (κ2) is 12.2. The number of anilines is 1. The van der Waals surface area contributed by atoms with Gasteiger partial charge in [-0.25, -0.2) is 9.37 Å². The monoisotopic (exact) mass is 572 g/mol. The van der Waals surface area contributed by atoms with Crippen LogP contribution < -0.4 is 20.7 Å². The van der Waals surface area contributed by atoms with E-state index >= 15 is 0 Å². The number of benzene rings is 2. The van der Waals surface area contributed by atoms with Crippen molar-refractivity contribution in [2.45, 2.75) is 70.1 Å². The molecule has 42 heavy (non-hydrogen) atoms. The molecule has 1 fully saturated rings. The number of fused-ring (bicyclic) bond motifs is 4. The van der Waals surface area contributed by atoms with E-state index < -0.39 is 18.0 Å². The fourth-order valence-electron chi connectivity index (χ4n) is 5.34. The molecule has 5 rings (SSSR count). The molecule has 3 aromatic rings. The van der Waals surface area contributed by atoms with E-state index in [0.717, 1.165) is 18.4 Å². The van der Waals surface area contributed by atoms with E-state index in [1.165, 1.54) is 17.2 Å². The minimum absolute atomic E-state index is 0.0360. The second-order valence-corrected chi connectivity index (χ2v) is 12.5. The van der Waals surface area contributed by atoms with Crippen molar-refractivity contribution in [3.8, 4) is 5.75 Å². The summed E-state index contributed by atoms with van der Waals surface area (Å²) in [4.78, 5) is 18.0. The molecule has 0 unspecified atom stereocenters. The van der Waals surface area contributed by atoms with Gasteiger partial charge in [-0.2, -0.15) is 0 Å². The molecule has 2 aromatic carbocycles. The van der Waals surface area contributed by atoms with Crippen LogP contribution >= 0.6 is 0 Å². The Bertz CT molecular complexity index is 1460. The number of carbonyl (C=O) groups excluding carboxylic acids is 1. The maximum Gasteiger partial charge on any atom is 0.251 e. The van der Waals surface area contributed by atoms with Crippen molar-refractivity contribution in [2.24, 2.45) is 0 Å². The lowest BCUT2D eigenvalue weighted by Gasteiger charge is -2.28. The summed E-state index contributed by atoms with van der Waals surface area (Å²) in [5.74, 6) is -0.0704. The van der Waals surface area contributed by atoms with Crippen LogP contribution in [0.15, 0.2) is 66.7 Å². The van der Waals surface area contributed by atoms with Gasteiger partial charge in [0.25, 0.3) is 5.91 Å². The number of aromatic nitrogens is 1. The average Bonchev–Trinajstić information content (AvgIpc) is 3.75. The lowest BCUT2D eigenvalue weighted by atomic mass is 9.85. The first kappa shape index (κ1) is 29.7. The number of rotatable bonds is 5. The Balaban J connectivity index is 1.39. The number of aryl methyl sites for hydroxylation is 1. The van der Waals surface area contributed by atoms with E-state index in [-0.39, 0.29) is 35.8 Å². The van der Waals surface area contributed by atoms with Crippen LogP contribution in [0.5, 0.6) is 5.75 Å². The number of hydrogen-bond acceptors (Lipinski definition) is 6. The summed E-state index contributed by atoms with van der Waals surface area (Å²) in [6.07, 6.45) is 5.00. The third-order valence-corrected chi connectivity index (χ3v) is 8.03. The van der Waals surface area contributed by atoms with E-state index in [1.54, 1.807) is 30.3 Å². The van der Waals surface area contributed by atoms with Crippen LogP contribution in [0.25, 0.3) is 0 Å². The first-order chi connectivity index (χ1) is 20.0. The molecule has 0 saturated heterocycles. The SMILES string of the molecule is Cc1cc2cc(n1)NC/C=C/COc1cc(ccc1F)C[C@@H]([C@H](O)CNC1(c3cccc(C(C)(C)C)c3)CC1)NC2=O. The van der Waals surface area contributed by atoms with Gasteiger partial charge in [0, 0.05) is 29.9 Å². The normalized spacial score (nSPS) is 20.0. The highest BCUT2D eigenvalue weighted by Gasteiger charge is 2.44. The molecule has 7 nitrogen and oxygen atoms in total. The summed E-state index contributed by atoms with van der Waals surface area (Å²) in [6, 6.07) is 16.1. The summed E-state index contributed by atoms with van der Waals surface area (Å²) < 4.78 is 20.2. The minimum Gasteiger partial charge on any atom is -0.486 e. The molecular weight excluding hydrogens is 531 g/mol. The van der Waals surface area contributed by atoms with Gasteiger partial charge in [0.1, 0.15) is 12.4 Å². The van der Waals surface area contributed by atoms with Gasteiger partial charge in [-0.05, 0) is 78.6 Å². The van der Waals surface area contributed by atoms with Crippen molar-refractivity contribution in [2.75, 3.05) is 25.0 Å². The Labute approximate surface area is 247 Å². The predicted molar refractivity (Wildman–Crippen MR) is 164 cm³/mol.